The van der Waals surface area contributed by atoms with Crippen LogP contribution in [0.1, 0.15) is 20.0 Å². The zero-order valence-corrected chi connectivity index (χ0v) is 13.2. The van der Waals surface area contributed by atoms with E-state index in [0.29, 0.717) is 9.90 Å². The van der Waals surface area contributed by atoms with Crippen molar-refractivity contribution in [1.29, 1.82) is 0 Å². The number of nitrogens with two attached hydrogens (primary N) is 1. The smallest absolute Gasteiger partial charge is 0.338 e. The number of anilines is 1. The Hall–Kier alpha value is -2.58. The van der Waals surface area contributed by atoms with Gasteiger partial charge < -0.3 is 10.5 Å². The van der Waals surface area contributed by atoms with Gasteiger partial charge in [-0.2, -0.15) is 0 Å². The Bertz CT molecular complexity index is 734. The largest absolute Gasteiger partial charge is 0.452 e. The number of halogens is 1. The second kappa shape index (κ2) is 7.61. The van der Waals surface area contributed by atoms with E-state index in [9.17, 15) is 14.4 Å². The molecule has 0 radical (unpaired) electrons. The van der Waals surface area contributed by atoms with Gasteiger partial charge in [-0.25, -0.2) is 4.79 Å². The average Bonchev–Trinajstić information content (AvgIpc) is 3.07. The number of carbonyl (C=O) groups excluding carboxylic acids is 3. The first kappa shape index (κ1) is 16.8. The Labute approximate surface area is 140 Å². The zero-order valence-electron chi connectivity index (χ0n) is 11.7. The highest BCUT2D eigenvalue weighted by Gasteiger charge is 2.12. The number of nitrogens with one attached hydrogen (secondary N) is 2. The molecule has 120 valence electrons. The molecule has 0 atom stereocenters. The first-order valence-electron chi connectivity index (χ1n) is 6.32. The monoisotopic (exact) mass is 353 g/mol. The Morgan fingerprint density at radius 3 is 2.65 bits per heavy atom. The summed E-state index contributed by atoms with van der Waals surface area (Å²) in [6, 6.07) is 7.55. The number of ether oxygens (including phenoxy) is 1. The van der Waals surface area contributed by atoms with Crippen LogP contribution in [0.25, 0.3) is 0 Å². The molecule has 0 aliphatic rings. The predicted molar refractivity (Wildman–Crippen MR) is 86.1 cm³/mol. The highest BCUT2D eigenvalue weighted by Crippen LogP contribution is 2.19. The molecule has 4 N–H and O–H groups in total. The lowest BCUT2D eigenvalue weighted by Gasteiger charge is -2.08. The first-order valence-corrected chi connectivity index (χ1v) is 7.58. The second-order valence-electron chi connectivity index (χ2n) is 4.29. The van der Waals surface area contributed by atoms with Crippen LogP contribution in [-0.4, -0.2) is 24.4 Å². The molecule has 0 fully saturated rings. The quantitative estimate of drug-likeness (QED) is 0.439. The Morgan fingerprint density at radius 2 is 2.00 bits per heavy atom. The van der Waals surface area contributed by atoms with Crippen LogP contribution in [0.3, 0.4) is 0 Å². The van der Waals surface area contributed by atoms with Crippen molar-refractivity contribution in [3.8, 4) is 0 Å². The Kier molecular flexibility index (Phi) is 5.56. The minimum atomic E-state index is -0.729. The number of amides is 2. The molecule has 1 aromatic heterocycles. The highest BCUT2D eigenvalue weighted by atomic mass is 35.5. The van der Waals surface area contributed by atoms with Crippen molar-refractivity contribution in [3.63, 3.8) is 0 Å². The minimum absolute atomic E-state index is 0.169. The molecule has 9 heteroatoms. The molecule has 2 aromatic rings. The van der Waals surface area contributed by atoms with Gasteiger partial charge in [-0.05, 0) is 29.6 Å². The van der Waals surface area contributed by atoms with Gasteiger partial charge in [0.1, 0.15) is 0 Å². The predicted octanol–water partition coefficient (Wildman–Crippen LogP) is 1.60. The van der Waals surface area contributed by atoms with Crippen LogP contribution in [0, 0.1) is 0 Å². The summed E-state index contributed by atoms with van der Waals surface area (Å²) >= 11 is 6.97. The Balaban J connectivity index is 1.78. The van der Waals surface area contributed by atoms with E-state index in [1.165, 1.54) is 29.5 Å². The third-order valence-corrected chi connectivity index (χ3v) is 3.84. The van der Waals surface area contributed by atoms with Gasteiger partial charge in [0.2, 0.25) is 0 Å². The van der Waals surface area contributed by atoms with Gasteiger partial charge in [0, 0.05) is 0 Å². The van der Waals surface area contributed by atoms with Crippen LogP contribution in [0.5, 0.6) is 0 Å². The summed E-state index contributed by atoms with van der Waals surface area (Å²) in [6.07, 6.45) is 0. The standard InChI is InChI=1S/C14H12ClN3O4S/c15-9-4-3-8(6-10(9)16)14(21)22-7-12(19)17-18-13(20)11-2-1-5-23-11/h1-6H,7,16H2,(H,17,19)(H,18,20). The fraction of sp³-hybridized carbons (Fsp3) is 0.0714. The van der Waals surface area contributed by atoms with Crippen molar-refractivity contribution >= 4 is 46.4 Å². The third-order valence-electron chi connectivity index (χ3n) is 2.63. The van der Waals surface area contributed by atoms with Gasteiger partial charge in [-0.1, -0.05) is 17.7 Å². The maximum Gasteiger partial charge on any atom is 0.338 e. The van der Waals surface area contributed by atoms with E-state index in [0.717, 1.165) is 0 Å². The molecule has 0 bridgehead atoms. The van der Waals surface area contributed by atoms with Crippen LogP contribution < -0.4 is 16.6 Å². The number of esters is 1. The molecule has 23 heavy (non-hydrogen) atoms. The van der Waals surface area contributed by atoms with Crippen molar-refractivity contribution in [3.05, 3.63) is 51.2 Å². The molecule has 1 aromatic carbocycles. The maximum atomic E-state index is 11.8. The van der Waals surface area contributed by atoms with E-state index in [1.54, 1.807) is 17.5 Å². The summed E-state index contributed by atoms with van der Waals surface area (Å²) in [5.74, 6) is -1.86. The van der Waals surface area contributed by atoms with Gasteiger partial charge in [0.15, 0.2) is 6.61 Å². The van der Waals surface area contributed by atoms with Crippen molar-refractivity contribution < 1.29 is 19.1 Å². The van der Waals surface area contributed by atoms with Crippen LogP contribution >= 0.6 is 22.9 Å². The molecule has 0 aliphatic heterocycles. The van der Waals surface area contributed by atoms with Crippen LogP contribution in [0.15, 0.2) is 35.7 Å². The molecule has 0 saturated heterocycles. The zero-order chi connectivity index (χ0) is 16.8. The number of hydrazine groups is 1. The summed E-state index contributed by atoms with van der Waals surface area (Å²) in [6.45, 7) is -0.550. The van der Waals surface area contributed by atoms with Gasteiger partial charge in [0.25, 0.3) is 11.8 Å². The summed E-state index contributed by atoms with van der Waals surface area (Å²) in [5, 5.41) is 2.05. The van der Waals surface area contributed by atoms with Gasteiger partial charge in [-0.15, -0.1) is 11.3 Å². The highest BCUT2D eigenvalue weighted by molar-refractivity contribution is 7.12. The second-order valence-corrected chi connectivity index (χ2v) is 5.65. The molecular weight excluding hydrogens is 342 g/mol. The fourth-order valence-electron chi connectivity index (χ4n) is 1.52. The molecule has 7 nitrogen and oxygen atoms in total. The molecular formula is C14H12ClN3O4S. The number of nitrogen functional groups attached to an aromatic ring is 1. The van der Waals surface area contributed by atoms with E-state index in [4.69, 9.17) is 22.1 Å². The lowest BCUT2D eigenvalue weighted by atomic mass is 10.2. The number of benzene rings is 1. The summed E-state index contributed by atoms with van der Waals surface area (Å²) in [7, 11) is 0. The van der Waals surface area contributed by atoms with E-state index < -0.39 is 24.4 Å². The molecule has 0 spiro atoms. The SMILES string of the molecule is Nc1cc(C(=O)OCC(=O)NNC(=O)c2cccs2)ccc1Cl. The van der Waals surface area contributed by atoms with E-state index in [2.05, 4.69) is 10.9 Å². The van der Waals surface area contributed by atoms with Crippen molar-refractivity contribution in [1.82, 2.24) is 10.9 Å². The van der Waals surface area contributed by atoms with E-state index in [1.807, 2.05) is 0 Å². The lowest BCUT2D eigenvalue weighted by molar-refractivity contribution is -0.125. The van der Waals surface area contributed by atoms with Crippen LogP contribution in [0.4, 0.5) is 5.69 Å². The topological polar surface area (TPSA) is 111 Å². The molecule has 0 saturated carbocycles. The number of hydrogen-bond donors (Lipinski definition) is 3. The van der Waals surface area contributed by atoms with Crippen molar-refractivity contribution in [2.75, 3.05) is 12.3 Å². The van der Waals surface area contributed by atoms with E-state index >= 15 is 0 Å². The van der Waals surface area contributed by atoms with Crippen molar-refractivity contribution in [2.24, 2.45) is 0 Å². The number of thiophene rings is 1. The lowest BCUT2D eigenvalue weighted by Crippen LogP contribution is -2.43. The minimum Gasteiger partial charge on any atom is -0.452 e. The number of carbonyl (C=O) groups is 3. The number of rotatable bonds is 4. The molecule has 0 aliphatic carbocycles. The summed E-state index contributed by atoms with van der Waals surface area (Å²) in [5.41, 5.74) is 10.3. The molecule has 2 rings (SSSR count). The van der Waals surface area contributed by atoms with Crippen LogP contribution in [0.2, 0.25) is 5.02 Å². The summed E-state index contributed by atoms with van der Waals surface area (Å²) < 4.78 is 4.81. The van der Waals surface area contributed by atoms with Gasteiger partial charge >= 0.3 is 5.97 Å². The first-order chi connectivity index (χ1) is 11.0. The Morgan fingerprint density at radius 1 is 1.22 bits per heavy atom. The van der Waals surface area contributed by atoms with E-state index in [-0.39, 0.29) is 11.3 Å². The third kappa shape index (κ3) is 4.70. The average molecular weight is 354 g/mol. The van der Waals surface area contributed by atoms with Gasteiger partial charge in [-0.3, -0.25) is 20.4 Å². The maximum absolute atomic E-state index is 11.8. The molecule has 2 amide bonds. The summed E-state index contributed by atoms with van der Waals surface area (Å²) in [4.78, 5) is 35.3. The van der Waals surface area contributed by atoms with Crippen molar-refractivity contribution in [2.45, 2.75) is 0 Å². The fourth-order valence-corrected chi connectivity index (χ4v) is 2.25. The molecule has 0 unspecified atom stereocenters. The normalized spacial score (nSPS) is 9.96. The van der Waals surface area contributed by atoms with Gasteiger partial charge in [0.05, 0.1) is 21.2 Å². The van der Waals surface area contributed by atoms with Crippen LogP contribution in [-0.2, 0) is 9.53 Å². The number of hydrogen-bond acceptors (Lipinski definition) is 6. The molecule has 1 heterocycles.